The summed E-state index contributed by atoms with van der Waals surface area (Å²) in [5.74, 6) is -0.377. The summed E-state index contributed by atoms with van der Waals surface area (Å²) in [5, 5.41) is 2.87. The molecule has 0 saturated carbocycles. The maximum Gasteiger partial charge on any atom is 0.263 e. The van der Waals surface area contributed by atoms with E-state index in [4.69, 9.17) is 11.6 Å². The van der Waals surface area contributed by atoms with Crippen LogP contribution in [0.15, 0.2) is 65.6 Å². The van der Waals surface area contributed by atoms with Crippen molar-refractivity contribution >= 4 is 33.2 Å². The Morgan fingerprint density at radius 2 is 1.60 bits per heavy atom. The van der Waals surface area contributed by atoms with Crippen LogP contribution in [0.25, 0.3) is 0 Å². The largest absolute Gasteiger partial charge is 0.348 e. The van der Waals surface area contributed by atoms with Crippen LogP contribution in [0.3, 0.4) is 0 Å². The fourth-order valence-corrected chi connectivity index (χ4v) is 4.75. The molecule has 3 aromatic rings. The molecule has 0 aliphatic rings. The highest BCUT2D eigenvalue weighted by Crippen LogP contribution is 2.26. The summed E-state index contributed by atoms with van der Waals surface area (Å²) >= 11 is 6.16. The summed E-state index contributed by atoms with van der Waals surface area (Å²) in [6.45, 7) is 6.08. The zero-order valence-electron chi connectivity index (χ0n) is 17.0. The van der Waals surface area contributed by atoms with Crippen LogP contribution in [-0.4, -0.2) is 14.3 Å². The van der Waals surface area contributed by atoms with Gasteiger partial charge in [-0.25, -0.2) is 8.42 Å². The van der Waals surface area contributed by atoms with E-state index in [1.165, 1.54) is 18.2 Å². The van der Waals surface area contributed by atoms with E-state index in [0.29, 0.717) is 12.2 Å². The number of carbonyl (C=O) groups is 1. The molecule has 0 unspecified atom stereocenters. The Hall–Kier alpha value is -2.83. The average Bonchev–Trinajstić information content (AvgIpc) is 2.66. The van der Waals surface area contributed by atoms with Gasteiger partial charge in [-0.05, 0) is 73.4 Å². The number of aryl methyl sites for hydroxylation is 3. The van der Waals surface area contributed by atoms with Crippen LogP contribution in [-0.2, 0) is 16.6 Å². The number of nitrogens with one attached hydrogen (secondary N) is 2. The Morgan fingerprint density at radius 1 is 0.933 bits per heavy atom. The summed E-state index contributed by atoms with van der Waals surface area (Å²) < 4.78 is 28.4. The van der Waals surface area contributed by atoms with Crippen LogP contribution in [0.2, 0.25) is 5.02 Å². The molecule has 0 bridgehead atoms. The van der Waals surface area contributed by atoms with E-state index in [0.717, 1.165) is 22.3 Å². The molecular weight excluding hydrogens is 420 g/mol. The van der Waals surface area contributed by atoms with Crippen LogP contribution in [0.4, 0.5) is 5.69 Å². The predicted molar refractivity (Wildman–Crippen MR) is 121 cm³/mol. The number of benzene rings is 3. The quantitative estimate of drug-likeness (QED) is 0.564. The minimum Gasteiger partial charge on any atom is -0.348 e. The lowest BCUT2D eigenvalue weighted by molar-refractivity contribution is 0.0950. The molecule has 0 radical (unpaired) electrons. The molecule has 1 amide bonds. The van der Waals surface area contributed by atoms with Crippen LogP contribution in [0, 0.1) is 20.8 Å². The van der Waals surface area contributed by atoms with E-state index in [2.05, 4.69) is 10.0 Å². The zero-order valence-corrected chi connectivity index (χ0v) is 18.6. The predicted octanol–water partition coefficient (Wildman–Crippen LogP) is 5.00. The van der Waals surface area contributed by atoms with Gasteiger partial charge in [0.25, 0.3) is 15.9 Å². The summed E-state index contributed by atoms with van der Waals surface area (Å²) in [6, 6.07) is 17.4. The van der Waals surface area contributed by atoms with Crippen molar-refractivity contribution in [2.45, 2.75) is 32.2 Å². The molecule has 0 aromatic heterocycles. The van der Waals surface area contributed by atoms with Gasteiger partial charge in [0, 0.05) is 17.8 Å². The third-order valence-electron chi connectivity index (χ3n) is 4.66. The van der Waals surface area contributed by atoms with E-state index in [-0.39, 0.29) is 21.4 Å². The molecule has 3 aromatic carbocycles. The van der Waals surface area contributed by atoms with Crippen molar-refractivity contribution in [3.05, 3.63) is 93.5 Å². The second-order valence-corrected chi connectivity index (χ2v) is 9.29. The molecule has 156 valence electrons. The van der Waals surface area contributed by atoms with Crippen LogP contribution >= 0.6 is 11.6 Å². The molecule has 7 heteroatoms. The lowest BCUT2D eigenvalue weighted by Crippen LogP contribution is -2.24. The Bertz CT molecular complexity index is 1190. The first kappa shape index (κ1) is 21.9. The Labute approximate surface area is 182 Å². The Kier molecular flexibility index (Phi) is 6.48. The Balaban J connectivity index is 1.83. The highest BCUT2D eigenvalue weighted by Gasteiger charge is 2.21. The van der Waals surface area contributed by atoms with E-state index < -0.39 is 10.0 Å². The van der Waals surface area contributed by atoms with Gasteiger partial charge in [-0.3, -0.25) is 9.52 Å². The van der Waals surface area contributed by atoms with Crippen molar-refractivity contribution in [2.24, 2.45) is 0 Å². The minimum atomic E-state index is -3.97. The smallest absolute Gasteiger partial charge is 0.263 e. The summed E-state index contributed by atoms with van der Waals surface area (Å²) in [6.07, 6.45) is 0. The van der Waals surface area contributed by atoms with Crippen molar-refractivity contribution in [1.82, 2.24) is 5.32 Å². The topological polar surface area (TPSA) is 75.3 Å². The van der Waals surface area contributed by atoms with Gasteiger partial charge in [0.05, 0.1) is 5.02 Å². The first-order valence-corrected chi connectivity index (χ1v) is 11.3. The van der Waals surface area contributed by atoms with E-state index in [1.807, 2.05) is 51.1 Å². The second-order valence-electron chi connectivity index (χ2n) is 7.24. The monoisotopic (exact) mass is 442 g/mol. The van der Waals surface area contributed by atoms with Crippen molar-refractivity contribution in [1.29, 1.82) is 0 Å². The summed E-state index contributed by atoms with van der Waals surface area (Å²) in [5.41, 5.74) is 4.58. The molecule has 0 fully saturated rings. The van der Waals surface area contributed by atoms with E-state index in [9.17, 15) is 13.2 Å². The number of hydrogen-bond donors (Lipinski definition) is 2. The first-order valence-electron chi connectivity index (χ1n) is 9.39. The molecular formula is C23H23ClN2O3S. The van der Waals surface area contributed by atoms with Gasteiger partial charge < -0.3 is 5.32 Å². The highest BCUT2D eigenvalue weighted by molar-refractivity contribution is 7.92. The number of amides is 1. The summed E-state index contributed by atoms with van der Waals surface area (Å²) in [7, 11) is -3.97. The van der Waals surface area contributed by atoms with Gasteiger partial charge in [0.1, 0.15) is 4.90 Å². The van der Waals surface area contributed by atoms with Crippen molar-refractivity contribution < 1.29 is 13.2 Å². The number of sulfonamides is 1. The Morgan fingerprint density at radius 3 is 2.27 bits per heavy atom. The van der Waals surface area contributed by atoms with Gasteiger partial charge in [-0.15, -0.1) is 0 Å². The molecule has 2 N–H and O–H groups in total. The lowest BCUT2D eigenvalue weighted by atomic mass is 10.1. The van der Waals surface area contributed by atoms with Gasteiger partial charge in [0.2, 0.25) is 0 Å². The maximum absolute atomic E-state index is 12.9. The maximum atomic E-state index is 12.9. The molecule has 0 atom stereocenters. The number of anilines is 1. The third-order valence-corrected chi connectivity index (χ3v) is 6.52. The second kappa shape index (κ2) is 8.90. The minimum absolute atomic E-state index is 0.0438. The van der Waals surface area contributed by atoms with Crippen molar-refractivity contribution in [3.63, 3.8) is 0 Å². The molecule has 0 spiro atoms. The van der Waals surface area contributed by atoms with Gasteiger partial charge >= 0.3 is 0 Å². The standard InChI is InChI=1S/C23H23ClN2O3S/c1-15-10-16(2)12-20(11-15)26-30(28,29)22-13-18(8-9-21(22)24)23(27)25-14-19-7-5-4-6-17(19)3/h4-13,26H,14H2,1-3H3,(H,25,27). The number of hydrogen-bond acceptors (Lipinski definition) is 3. The number of rotatable bonds is 6. The molecule has 30 heavy (non-hydrogen) atoms. The van der Waals surface area contributed by atoms with E-state index in [1.54, 1.807) is 12.1 Å². The SMILES string of the molecule is Cc1cc(C)cc(NS(=O)(=O)c2cc(C(=O)NCc3ccccc3C)ccc2Cl)c1. The van der Waals surface area contributed by atoms with E-state index >= 15 is 0 Å². The zero-order chi connectivity index (χ0) is 21.9. The molecule has 3 rings (SSSR count). The van der Waals surface area contributed by atoms with Crippen LogP contribution in [0.1, 0.15) is 32.6 Å². The average molecular weight is 443 g/mol. The van der Waals surface area contributed by atoms with Crippen LogP contribution < -0.4 is 10.0 Å². The molecule has 0 aliphatic carbocycles. The van der Waals surface area contributed by atoms with Crippen molar-refractivity contribution in [2.75, 3.05) is 4.72 Å². The number of halogens is 1. The number of carbonyl (C=O) groups excluding carboxylic acids is 1. The summed E-state index contributed by atoms with van der Waals surface area (Å²) in [4.78, 5) is 12.5. The fourth-order valence-electron chi connectivity index (χ4n) is 3.18. The van der Waals surface area contributed by atoms with Crippen LogP contribution in [0.5, 0.6) is 0 Å². The lowest BCUT2D eigenvalue weighted by Gasteiger charge is -2.13. The highest BCUT2D eigenvalue weighted by atomic mass is 35.5. The molecule has 0 aliphatic heterocycles. The molecule has 0 saturated heterocycles. The molecule has 0 heterocycles. The van der Waals surface area contributed by atoms with Gasteiger partial charge in [-0.1, -0.05) is 41.9 Å². The normalized spacial score (nSPS) is 11.2. The first-order chi connectivity index (χ1) is 14.2. The van der Waals surface area contributed by atoms with Gasteiger partial charge in [0.15, 0.2) is 0 Å². The molecule has 5 nitrogen and oxygen atoms in total. The van der Waals surface area contributed by atoms with Crippen molar-refractivity contribution in [3.8, 4) is 0 Å². The van der Waals surface area contributed by atoms with Gasteiger partial charge in [-0.2, -0.15) is 0 Å². The third kappa shape index (κ3) is 5.20. The fraction of sp³-hybridized carbons (Fsp3) is 0.174.